The number of oxazole rings is 1. The molecule has 8 nitrogen and oxygen atoms in total. The molecular formula is C12H13ClN4O4. The van der Waals surface area contributed by atoms with Gasteiger partial charge in [0.05, 0.1) is 18.7 Å². The van der Waals surface area contributed by atoms with Gasteiger partial charge in [-0.25, -0.2) is 9.78 Å². The van der Waals surface area contributed by atoms with E-state index in [9.17, 15) is 9.90 Å². The van der Waals surface area contributed by atoms with Crippen molar-refractivity contribution < 1.29 is 19.4 Å². The number of pyridine rings is 1. The molecule has 0 aliphatic carbocycles. The second-order valence-electron chi connectivity index (χ2n) is 4.89. The first kappa shape index (κ1) is 13.9. The first-order chi connectivity index (χ1) is 10.0. The Morgan fingerprint density at radius 3 is 3.00 bits per heavy atom. The van der Waals surface area contributed by atoms with Crippen molar-refractivity contribution in [1.29, 1.82) is 0 Å². The van der Waals surface area contributed by atoms with Crippen molar-refractivity contribution >= 4 is 34.9 Å². The Labute approximate surface area is 124 Å². The lowest BCUT2D eigenvalue weighted by atomic mass is 10.0. The van der Waals surface area contributed by atoms with E-state index in [0.29, 0.717) is 22.8 Å². The molecule has 2 aromatic rings. The molecule has 1 amide bonds. The van der Waals surface area contributed by atoms with Crippen LogP contribution in [-0.4, -0.2) is 56.4 Å². The molecule has 0 bridgehead atoms. The molecule has 21 heavy (non-hydrogen) atoms. The Morgan fingerprint density at radius 2 is 2.24 bits per heavy atom. The molecule has 0 spiro atoms. The Balaban J connectivity index is 1.76. The molecule has 9 heteroatoms. The SMILES string of the molecule is O=C(O)N1C[C@@H](O)C[C@@H](Nc2nc3nc(Cl)ccc3o2)C1. The van der Waals surface area contributed by atoms with Crippen LogP contribution in [0.2, 0.25) is 5.15 Å². The van der Waals surface area contributed by atoms with E-state index in [1.165, 1.54) is 0 Å². The maximum absolute atomic E-state index is 11.0. The summed E-state index contributed by atoms with van der Waals surface area (Å²) in [5.41, 5.74) is 0.852. The lowest BCUT2D eigenvalue weighted by molar-refractivity contribution is 0.0604. The van der Waals surface area contributed by atoms with Gasteiger partial charge in [0.25, 0.3) is 6.01 Å². The summed E-state index contributed by atoms with van der Waals surface area (Å²) in [7, 11) is 0. The molecule has 1 saturated heterocycles. The second kappa shape index (κ2) is 5.38. The fourth-order valence-electron chi connectivity index (χ4n) is 2.37. The fourth-order valence-corrected chi connectivity index (χ4v) is 2.51. The monoisotopic (exact) mass is 312 g/mol. The molecule has 0 aromatic carbocycles. The molecule has 0 radical (unpaired) electrons. The van der Waals surface area contributed by atoms with E-state index in [4.69, 9.17) is 21.1 Å². The van der Waals surface area contributed by atoms with E-state index < -0.39 is 12.2 Å². The third-order valence-corrected chi connectivity index (χ3v) is 3.46. The quantitative estimate of drug-likeness (QED) is 0.718. The lowest BCUT2D eigenvalue weighted by Crippen LogP contribution is -2.50. The predicted octanol–water partition coefficient (Wildman–Crippen LogP) is 1.40. The number of hydrogen-bond acceptors (Lipinski definition) is 6. The number of anilines is 1. The Bertz CT molecular complexity index is 676. The highest BCUT2D eigenvalue weighted by atomic mass is 35.5. The predicted molar refractivity (Wildman–Crippen MR) is 74.4 cm³/mol. The van der Waals surface area contributed by atoms with E-state index in [2.05, 4.69) is 15.3 Å². The van der Waals surface area contributed by atoms with E-state index in [1.807, 2.05) is 0 Å². The maximum atomic E-state index is 11.0. The smallest absolute Gasteiger partial charge is 0.407 e. The first-order valence-corrected chi connectivity index (χ1v) is 6.74. The largest absolute Gasteiger partial charge is 0.465 e. The zero-order valence-corrected chi connectivity index (χ0v) is 11.6. The van der Waals surface area contributed by atoms with Crippen molar-refractivity contribution in [3.63, 3.8) is 0 Å². The summed E-state index contributed by atoms with van der Waals surface area (Å²) < 4.78 is 5.47. The van der Waals surface area contributed by atoms with Gasteiger partial charge in [0.1, 0.15) is 5.15 Å². The zero-order chi connectivity index (χ0) is 15.0. The standard InChI is InChI=1S/C12H13ClN4O4/c13-9-2-1-8-10(15-9)16-11(21-8)14-6-3-7(18)5-17(4-6)12(19)20/h1-2,6-7,18H,3-5H2,(H,19,20)(H,14,15,16)/t6-,7+/m1/s1. The van der Waals surface area contributed by atoms with Crippen LogP contribution in [0.4, 0.5) is 10.8 Å². The number of fused-ring (bicyclic) bond motifs is 1. The molecule has 3 heterocycles. The number of piperidine rings is 1. The minimum Gasteiger partial charge on any atom is -0.465 e. The number of halogens is 1. The van der Waals surface area contributed by atoms with Gasteiger partial charge in [-0.3, -0.25) is 0 Å². The Hall–Kier alpha value is -2.06. The zero-order valence-electron chi connectivity index (χ0n) is 10.9. The number of β-amino-alcohol motifs (C(OH)–C–C–N with tert-alkyl or cyclic N) is 1. The van der Waals surface area contributed by atoms with Crippen LogP contribution in [0.3, 0.4) is 0 Å². The highest BCUT2D eigenvalue weighted by Crippen LogP contribution is 2.21. The van der Waals surface area contributed by atoms with Crippen LogP contribution < -0.4 is 5.32 Å². The molecule has 3 rings (SSSR count). The number of likely N-dealkylation sites (tertiary alicyclic amines) is 1. The Kier molecular flexibility index (Phi) is 3.56. The fraction of sp³-hybridized carbons (Fsp3) is 0.417. The van der Waals surface area contributed by atoms with E-state index in [1.54, 1.807) is 12.1 Å². The first-order valence-electron chi connectivity index (χ1n) is 6.37. The van der Waals surface area contributed by atoms with E-state index in [-0.39, 0.29) is 25.1 Å². The molecular weight excluding hydrogens is 300 g/mol. The summed E-state index contributed by atoms with van der Waals surface area (Å²) >= 11 is 5.77. The topological polar surface area (TPSA) is 112 Å². The average molecular weight is 313 g/mol. The van der Waals surface area contributed by atoms with Gasteiger partial charge >= 0.3 is 6.09 Å². The molecule has 112 valence electrons. The van der Waals surface area contributed by atoms with Gasteiger partial charge in [-0.1, -0.05) is 11.6 Å². The number of nitrogens with zero attached hydrogens (tertiary/aromatic N) is 3. The van der Waals surface area contributed by atoms with Crippen molar-refractivity contribution in [2.24, 2.45) is 0 Å². The van der Waals surface area contributed by atoms with Crippen LogP contribution in [0.5, 0.6) is 0 Å². The van der Waals surface area contributed by atoms with Crippen molar-refractivity contribution in [2.45, 2.75) is 18.6 Å². The number of hydrogen-bond donors (Lipinski definition) is 3. The molecule has 0 unspecified atom stereocenters. The average Bonchev–Trinajstić information content (AvgIpc) is 2.79. The summed E-state index contributed by atoms with van der Waals surface area (Å²) in [5, 5.41) is 22.0. The molecule has 1 fully saturated rings. The van der Waals surface area contributed by atoms with Crippen LogP contribution >= 0.6 is 11.6 Å². The highest BCUT2D eigenvalue weighted by Gasteiger charge is 2.29. The number of carboxylic acid groups (broad SMARTS) is 1. The third-order valence-electron chi connectivity index (χ3n) is 3.25. The van der Waals surface area contributed by atoms with Crippen LogP contribution in [0.15, 0.2) is 16.5 Å². The third kappa shape index (κ3) is 3.01. The molecule has 2 atom stereocenters. The van der Waals surface area contributed by atoms with Gasteiger partial charge in [-0.2, -0.15) is 4.98 Å². The van der Waals surface area contributed by atoms with Crippen LogP contribution in [0.25, 0.3) is 11.2 Å². The van der Waals surface area contributed by atoms with Gasteiger partial charge in [0.2, 0.25) is 5.65 Å². The van der Waals surface area contributed by atoms with Gasteiger partial charge < -0.3 is 24.8 Å². The lowest BCUT2D eigenvalue weighted by Gasteiger charge is -2.33. The van der Waals surface area contributed by atoms with Crippen molar-refractivity contribution in [3.8, 4) is 0 Å². The summed E-state index contributed by atoms with van der Waals surface area (Å²) in [5.74, 6) is 0. The number of carbonyl (C=O) groups is 1. The summed E-state index contributed by atoms with van der Waals surface area (Å²) in [6, 6.07) is 3.19. The minimum atomic E-state index is -1.06. The number of rotatable bonds is 2. The Morgan fingerprint density at radius 1 is 1.43 bits per heavy atom. The van der Waals surface area contributed by atoms with E-state index in [0.717, 1.165) is 4.90 Å². The van der Waals surface area contributed by atoms with Gasteiger partial charge in [-0.05, 0) is 18.6 Å². The van der Waals surface area contributed by atoms with Crippen molar-refractivity contribution in [3.05, 3.63) is 17.3 Å². The highest BCUT2D eigenvalue weighted by molar-refractivity contribution is 6.29. The number of amides is 1. The number of nitrogens with one attached hydrogen (secondary N) is 1. The maximum Gasteiger partial charge on any atom is 0.407 e. The number of aliphatic hydroxyl groups is 1. The van der Waals surface area contributed by atoms with Crippen molar-refractivity contribution in [2.75, 3.05) is 18.4 Å². The normalized spacial score (nSPS) is 22.5. The van der Waals surface area contributed by atoms with Gasteiger partial charge in [0.15, 0.2) is 5.58 Å². The number of aliphatic hydroxyl groups excluding tert-OH is 1. The van der Waals surface area contributed by atoms with Crippen LogP contribution in [0.1, 0.15) is 6.42 Å². The second-order valence-corrected chi connectivity index (χ2v) is 5.28. The summed E-state index contributed by atoms with van der Waals surface area (Å²) in [6.07, 6.45) is -1.37. The molecule has 3 N–H and O–H groups in total. The van der Waals surface area contributed by atoms with E-state index >= 15 is 0 Å². The molecule has 2 aromatic heterocycles. The minimum absolute atomic E-state index is 0.109. The molecule has 0 saturated carbocycles. The van der Waals surface area contributed by atoms with Gasteiger partial charge in [-0.15, -0.1) is 0 Å². The molecule has 1 aliphatic heterocycles. The van der Waals surface area contributed by atoms with Gasteiger partial charge in [0, 0.05) is 6.54 Å². The summed E-state index contributed by atoms with van der Waals surface area (Å²) in [6.45, 7) is 0.359. The number of aromatic nitrogens is 2. The summed E-state index contributed by atoms with van der Waals surface area (Å²) in [4.78, 5) is 20.3. The molecule has 1 aliphatic rings. The van der Waals surface area contributed by atoms with Crippen LogP contribution in [0, 0.1) is 0 Å². The van der Waals surface area contributed by atoms with Crippen molar-refractivity contribution in [1.82, 2.24) is 14.9 Å². The van der Waals surface area contributed by atoms with Crippen LogP contribution in [-0.2, 0) is 0 Å².